The van der Waals surface area contributed by atoms with Crippen LogP contribution in [0.1, 0.15) is 5.56 Å². The Morgan fingerprint density at radius 1 is 0.895 bits per heavy atom. The van der Waals surface area contributed by atoms with Crippen LogP contribution in [0, 0.1) is 0 Å². The number of ether oxygens (including phenoxy) is 4. The highest BCUT2D eigenvalue weighted by Gasteiger charge is 2.18. The Morgan fingerprint density at radius 2 is 1.63 bits per heavy atom. The summed E-state index contributed by atoms with van der Waals surface area (Å²) < 4.78 is 23.3. The summed E-state index contributed by atoms with van der Waals surface area (Å²) in [4.78, 5) is 12.6. The highest BCUT2D eigenvalue weighted by Crippen LogP contribution is 2.39. The lowest BCUT2D eigenvalue weighted by Crippen LogP contribution is -2.20. The molecule has 1 N–H and O–H groups in total. The molecule has 0 spiro atoms. The largest absolute Gasteiger partial charge is 0.497 e. The van der Waals surface area contributed by atoms with Crippen molar-refractivity contribution in [3.63, 3.8) is 0 Å². The van der Waals surface area contributed by atoms with Crippen LogP contribution in [0.3, 0.4) is 0 Å². The average Bonchev–Trinajstić information content (AvgIpc) is 3.40. The van der Waals surface area contributed by atoms with Crippen LogP contribution >= 0.6 is 11.8 Å². The van der Waals surface area contributed by atoms with Gasteiger partial charge in [-0.05, 0) is 36.4 Å². The predicted octanol–water partition coefficient (Wildman–Crippen LogP) is 4.21. The van der Waals surface area contributed by atoms with Crippen molar-refractivity contribution in [2.75, 3.05) is 34.2 Å². The molecule has 0 fully saturated rings. The fraction of sp³-hybridized carbons (Fsp3) is 0.185. The van der Waals surface area contributed by atoms with E-state index < -0.39 is 0 Å². The molecule has 1 aromatic heterocycles. The second-order valence-corrected chi connectivity index (χ2v) is 8.65. The number of nitrogens with one attached hydrogen (secondary N) is 1. The summed E-state index contributed by atoms with van der Waals surface area (Å²) in [5.74, 6) is 2.57. The molecule has 1 heterocycles. The Hall–Kier alpha value is -4.51. The van der Waals surface area contributed by atoms with E-state index in [9.17, 15) is 4.79 Å². The average molecular weight is 534 g/mol. The third-order valence-electron chi connectivity index (χ3n) is 5.46. The molecule has 4 aromatic rings. The molecule has 0 aliphatic rings. The molecule has 0 radical (unpaired) electrons. The topological polar surface area (TPSA) is 109 Å². The minimum Gasteiger partial charge on any atom is -0.497 e. The molecule has 0 aliphatic heterocycles. The molecule has 0 saturated heterocycles. The quantitative estimate of drug-likeness (QED) is 0.174. The van der Waals surface area contributed by atoms with Crippen molar-refractivity contribution in [1.29, 1.82) is 0 Å². The monoisotopic (exact) mass is 533 g/mol. The van der Waals surface area contributed by atoms with E-state index in [2.05, 4.69) is 20.7 Å². The predicted molar refractivity (Wildman–Crippen MR) is 146 cm³/mol. The number of carbonyl (C=O) groups excluding carboxylic acids is 1. The number of benzene rings is 3. The number of aromatic nitrogens is 3. The molecule has 0 bridgehead atoms. The number of hydrazone groups is 1. The summed E-state index contributed by atoms with van der Waals surface area (Å²) in [5, 5.41) is 13.4. The van der Waals surface area contributed by atoms with Gasteiger partial charge in [-0.3, -0.25) is 9.36 Å². The Morgan fingerprint density at radius 3 is 2.29 bits per heavy atom. The first-order chi connectivity index (χ1) is 18.6. The minimum atomic E-state index is -0.309. The summed E-state index contributed by atoms with van der Waals surface area (Å²) >= 11 is 1.25. The lowest BCUT2D eigenvalue weighted by Gasteiger charge is -2.13. The van der Waals surface area contributed by atoms with Crippen molar-refractivity contribution >= 4 is 23.9 Å². The number of hydrogen-bond donors (Lipinski definition) is 1. The summed E-state index contributed by atoms with van der Waals surface area (Å²) in [6.07, 6.45) is 1.48. The van der Waals surface area contributed by atoms with Crippen LogP contribution in [0.2, 0.25) is 0 Å². The van der Waals surface area contributed by atoms with Crippen LogP contribution in [-0.2, 0) is 4.79 Å². The van der Waals surface area contributed by atoms with Crippen LogP contribution in [-0.4, -0.2) is 61.1 Å². The minimum absolute atomic E-state index is 0.0729. The molecule has 0 saturated carbocycles. The number of thioether (sulfide) groups is 1. The van der Waals surface area contributed by atoms with Crippen LogP contribution < -0.4 is 24.4 Å². The van der Waals surface area contributed by atoms with Gasteiger partial charge in [0.15, 0.2) is 22.5 Å². The zero-order valence-electron chi connectivity index (χ0n) is 21.4. The molecule has 196 valence electrons. The molecule has 38 heavy (non-hydrogen) atoms. The number of amides is 1. The van der Waals surface area contributed by atoms with Crippen LogP contribution in [0.25, 0.3) is 17.1 Å². The van der Waals surface area contributed by atoms with E-state index in [4.69, 9.17) is 18.9 Å². The highest BCUT2D eigenvalue weighted by atomic mass is 32.2. The lowest BCUT2D eigenvalue weighted by molar-refractivity contribution is -0.118. The zero-order valence-corrected chi connectivity index (χ0v) is 22.2. The first-order valence-electron chi connectivity index (χ1n) is 11.5. The lowest BCUT2D eigenvalue weighted by atomic mass is 10.2. The fourth-order valence-electron chi connectivity index (χ4n) is 3.66. The number of rotatable bonds is 11. The molecule has 0 atom stereocenters. The Labute approximate surface area is 224 Å². The van der Waals surface area contributed by atoms with Crippen LogP contribution in [0.4, 0.5) is 0 Å². The molecule has 1 amide bonds. The van der Waals surface area contributed by atoms with E-state index in [0.717, 1.165) is 17.0 Å². The molecular formula is C27H27N5O5S. The number of carbonyl (C=O) groups is 1. The van der Waals surface area contributed by atoms with Gasteiger partial charge < -0.3 is 18.9 Å². The summed E-state index contributed by atoms with van der Waals surface area (Å²) in [5.41, 5.74) is 4.90. The van der Waals surface area contributed by atoms with Crippen molar-refractivity contribution < 1.29 is 23.7 Å². The molecule has 3 aromatic carbocycles. The van der Waals surface area contributed by atoms with E-state index in [1.165, 1.54) is 32.2 Å². The van der Waals surface area contributed by atoms with Crippen LogP contribution in [0.5, 0.6) is 23.0 Å². The van der Waals surface area contributed by atoms with E-state index >= 15 is 0 Å². The molecule has 4 rings (SSSR count). The van der Waals surface area contributed by atoms with Gasteiger partial charge in [0.25, 0.3) is 5.91 Å². The molecule has 0 unspecified atom stereocenters. The normalized spacial score (nSPS) is 10.8. The van der Waals surface area contributed by atoms with Gasteiger partial charge in [-0.1, -0.05) is 42.1 Å². The second-order valence-electron chi connectivity index (χ2n) is 7.71. The Balaban J connectivity index is 1.50. The smallest absolute Gasteiger partial charge is 0.250 e. The van der Waals surface area contributed by atoms with Gasteiger partial charge in [-0.15, -0.1) is 10.2 Å². The molecule has 11 heteroatoms. The maximum absolute atomic E-state index is 12.6. The number of nitrogens with zero attached hydrogens (tertiary/aromatic N) is 4. The van der Waals surface area contributed by atoms with Gasteiger partial charge in [-0.25, -0.2) is 5.43 Å². The summed E-state index contributed by atoms with van der Waals surface area (Å²) in [6.45, 7) is 0. The van der Waals surface area contributed by atoms with Gasteiger partial charge in [0.1, 0.15) is 5.75 Å². The number of methoxy groups -OCH3 is 4. The molecule has 10 nitrogen and oxygen atoms in total. The maximum Gasteiger partial charge on any atom is 0.250 e. The van der Waals surface area contributed by atoms with Gasteiger partial charge in [0, 0.05) is 16.8 Å². The standard InChI is InChI=1S/C27H27N5O5S/c1-34-21-13-11-20(12-14-21)32-26(18-8-6-5-7-9-18)30-31-27(32)38-17-23(33)29-28-16-19-10-15-22(35-2)25(37-4)24(19)36-3/h5-16H,17H2,1-4H3,(H,29,33). The third-order valence-corrected chi connectivity index (χ3v) is 6.38. The van der Waals surface area contributed by atoms with E-state index in [1.54, 1.807) is 26.4 Å². The van der Waals surface area contributed by atoms with Crippen molar-refractivity contribution in [1.82, 2.24) is 20.2 Å². The van der Waals surface area contributed by atoms with Crippen molar-refractivity contribution in [3.8, 4) is 40.1 Å². The van der Waals surface area contributed by atoms with Crippen molar-refractivity contribution in [2.24, 2.45) is 5.10 Å². The van der Waals surface area contributed by atoms with E-state index in [1.807, 2.05) is 59.2 Å². The van der Waals surface area contributed by atoms with Gasteiger partial charge >= 0.3 is 0 Å². The molecule has 0 aliphatic carbocycles. The second kappa shape index (κ2) is 12.6. The Bertz CT molecular complexity index is 1410. The van der Waals surface area contributed by atoms with E-state index in [-0.39, 0.29) is 11.7 Å². The van der Waals surface area contributed by atoms with Gasteiger partial charge in [0.05, 0.1) is 40.4 Å². The first kappa shape index (κ1) is 26.6. The summed E-state index contributed by atoms with van der Waals surface area (Å²) in [7, 11) is 6.20. The number of hydrogen-bond acceptors (Lipinski definition) is 9. The molecular weight excluding hydrogens is 506 g/mol. The maximum atomic E-state index is 12.6. The van der Waals surface area contributed by atoms with Crippen molar-refractivity contribution in [2.45, 2.75) is 5.16 Å². The van der Waals surface area contributed by atoms with E-state index in [0.29, 0.717) is 33.8 Å². The van der Waals surface area contributed by atoms with Gasteiger partial charge in [-0.2, -0.15) is 5.10 Å². The van der Waals surface area contributed by atoms with Crippen LogP contribution in [0.15, 0.2) is 77.0 Å². The van der Waals surface area contributed by atoms with Crippen molar-refractivity contribution in [3.05, 3.63) is 72.3 Å². The Kier molecular flexibility index (Phi) is 8.83. The third kappa shape index (κ3) is 5.89. The summed E-state index contributed by atoms with van der Waals surface area (Å²) in [6, 6.07) is 20.8. The first-order valence-corrected chi connectivity index (χ1v) is 12.5. The SMILES string of the molecule is COc1ccc(-n2c(SCC(=O)NN=Cc3ccc(OC)c(OC)c3OC)nnc2-c2ccccc2)cc1. The fourth-order valence-corrected chi connectivity index (χ4v) is 4.41. The highest BCUT2D eigenvalue weighted by molar-refractivity contribution is 7.99. The zero-order chi connectivity index (χ0) is 26.9. The van der Waals surface area contributed by atoms with Gasteiger partial charge in [0.2, 0.25) is 5.75 Å².